The molecule has 1 N–H and O–H groups in total. The highest BCUT2D eigenvalue weighted by atomic mass is 19.1. The van der Waals surface area contributed by atoms with Crippen molar-refractivity contribution in [2.75, 3.05) is 13.7 Å². The van der Waals surface area contributed by atoms with E-state index in [1.807, 2.05) is 24.3 Å². The van der Waals surface area contributed by atoms with Gasteiger partial charge in [-0.15, -0.1) is 0 Å². The smallest absolute Gasteiger partial charge is 0.217 e. The van der Waals surface area contributed by atoms with Crippen molar-refractivity contribution >= 4 is 0 Å². The predicted octanol–water partition coefficient (Wildman–Crippen LogP) is 2.56. The Morgan fingerprint density at radius 2 is 2.00 bits per heavy atom. The van der Waals surface area contributed by atoms with E-state index in [0.717, 1.165) is 24.1 Å². The first-order valence-electron chi connectivity index (χ1n) is 6.22. The molecule has 0 atom stereocenters. The van der Waals surface area contributed by atoms with E-state index < -0.39 is 0 Å². The van der Waals surface area contributed by atoms with E-state index in [1.165, 1.54) is 12.1 Å². The molecule has 2 aromatic rings. The van der Waals surface area contributed by atoms with E-state index in [0.29, 0.717) is 12.4 Å². The molecule has 2 rings (SSSR count). The summed E-state index contributed by atoms with van der Waals surface area (Å²) in [7, 11) is 1.62. The molecule has 1 heterocycles. The lowest BCUT2D eigenvalue weighted by Crippen LogP contribution is -2.17. The van der Waals surface area contributed by atoms with Gasteiger partial charge in [0.2, 0.25) is 5.88 Å². The van der Waals surface area contributed by atoms with Gasteiger partial charge in [0.25, 0.3) is 0 Å². The largest absolute Gasteiger partial charge is 0.481 e. The zero-order chi connectivity index (χ0) is 13.5. The topological polar surface area (TPSA) is 34.1 Å². The maximum Gasteiger partial charge on any atom is 0.217 e. The lowest BCUT2D eigenvalue weighted by molar-refractivity contribution is 0.390. The first kappa shape index (κ1) is 13.5. The fourth-order valence-corrected chi connectivity index (χ4v) is 1.85. The van der Waals surface area contributed by atoms with Crippen molar-refractivity contribution in [3.63, 3.8) is 0 Å². The molecule has 0 aliphatic rings. The van der Waals surface area contributed by atoms with E-state index in [4.69, 9.17) is 4.74 Å². The summed E-state index contributed by atoms with van der Waals surface area (Å²) in [6.45, 7) is 1.53. The van der Waals surface area contributed by atoms with Crippen LogP contribution in [0.4, 0.5) is 4.39 Å². The van der Waals surface area contributed by atoms with Crippen molar-refractivity contribution in [1.82, 2.24) is 10.3 Å². The number of halogens is 1. The SMILES string of the molecule is COc1ncccc1CNCCc1ccc(F)cc1. The molecule has 100 valence electrons. The summed E-state index contributed by atoms with van der Waals surface area (Å²) >= 11 is 0. The molecular weight excluding hydrogens is 243 g/mol. The van der Waals surface area contributed by atoms with Crippen LogP contribution in [0.25, 0.3) is 0 Å². The van der Waals surface area contributed by atoms with Crippen LogP contribution < -0.4 is 10.1 Å². The zero-order valence-electron chi connectivity index (χ0n) is 10.9. The van der Waals surface area contributed by atoms with Gasteiger partial charge in [-0.2, -0.15) is 0 Å². The monoisotopic (exact) mass is 260 g/mol. The number of benzene rings is 1. The van der Waals surface area contributed by atoms with Crippen molar-refractivity contribution in [2.45, 2.75) is 13.0 Å². The number of hydrogen-bond donors (Lipinski definition) is 1. The fraction of sp³-hybridized carbons (Fsp3) is 0.267. The third-order valence-corrected chi connectivity index (χ3v) is 2.86. The number of nitrogens with zero attached hydrogens (tertiary/aromatic N) is 1. The zero-order valence-corrected chi connectivity index (χ0v) is 10.9. The fourth-order valence-electron chi connectivity index (χ4n) is 1.85. The van der Waals surface area contributed by atoms with Crippen molar-refractivity contribution < 1.29 is 9.13 Å². The van der Waals surface area contributed by atoms with Gasteiger partial charge in [0.15, 0.2) is 0 Å². The Labute approximate surface area is 112 Å². The van der Waals surface area contributed by atoms with E-state index in [1.54, 1.807) is 13.3 Å². The van der Waals surface area contributed by atoms with Crippen LogP contribution in [0.2, 0.25) is 0 Å². The quantitative estimate of drug-likeness (QED) is 0.811. The molecule has 0 bridgehead atoms. The molecule has 0 saturated carbocycles. The average molecular weight is 260 g/mol. The molecule has 1 aromatic carbocycles. The van der Waals surface area contributed by atoms with Crippen LogP contribution in [0.5, 0.6) is 5.88 Å². The van der Waals surface area contributed by atoms with Crippen LogP contribution in [0.15, 0.2) is 42.6 Å². The molecule has 0 fully saturated rings. The Hall–Kier alpha value is -1.94. The third-order valence-electron chi connectivity index (χ3n) is 2.86. The highest BCUT2D eigenvalue weighted by Gasteiger charge is 2.02. The van der Waals surface area contributed by atoms with Gasteiger partial charge >= 0.3 is 0 Å². The van der Waals surface area contributed by atoms with E-state index >= 15 is 0 Å². The lowest BCUT2D eigenvalue weighted by atomic mass is 10.1. The van der Waals surface area contributed by atoms with Crippen LogP contribution in [-0.4, -0.2) is 18.6 Å². The minimum Gasteiger partial charge on any atom is -0.481 e. The Bertz CT molecular complexity index is 514. The van der Waals surface area contributed by atoms with Gasteiger partial charge in [-0.25, -0.2) is 9.37 Å². The highest BCUT2D eigenvalue weighted by molar-refractivity contribution is 5.25. The van der Waals surface area contributed by atoms with Crippen LogP contribution >= 0.6 is 0 Å². The molecule has 0 unspecified atom stereocenters. The van der Waals surface area contributed by atoms with Crippen LogP contribution in [0.1, 0.15) is 11.1 Å². The number of ether oxygens (including phenoxy) is 1. The van der Waals surface area contributed by atoms with Crippen molar-refractivity contribution in [2.24, 2.45) is 0 Å². The summed E-state index contributed by atoms with van der Waals surface area (Å²) in [6, 6.07) is 10.5. The Balaban J connectivity index is 1.79. The molecule has 0 amide bonds. The number of methoxy groups -OCH3 is 1. The second kappa shape index (κ2) is 6.85. The van der Waals surface area contributed by atoms with Gasteiger partial charge in [0.1, 0.15) is 5.82 Å². The van der Waals surface area contributed by atoms with Crippen LogP contribution in [0.3, 0.4) is 0 Å². The minimum atomic E-state index is -0.197. The van der Waals surface area contributed by atoms with Crippen LogP contribution in [-0.2, 0) is 13.0 Å². The lowest BCUT2D eigenvalue weighted by Gasteiger charge is -2.08. The van der Waals surface area contributed by atoms with Gasteiger partial charge < -0.3 is 10.1 Å². The molecule has 0 aliphatic carbocycles. The standard InChI is InChI=1S/C15H17FN2O/c1-19-15-13(3-2-9-18-15)11-17-10-8-12-4-6-14(16)7-5-12/h2-7,9,17H,8,10-11H2,1H3. The molecule has 0 saturated heterocycles. The second-order valence-corrected chi connectivity index (χ2v) is 4.23. The first-order valence-corrected chi connectivity index (χ1v) is 6.22. The molecule has 0 radical (unpaired) electrons. The van der Waals surface area contributed by atoms with Gasteiger partial charge in [-0.1, -0.05) is 18.2 Å². The molecular formula is C15H17FN2O. The number of hydrogen-bond acceptors (Lipinski definition) is 3. The van der Waals surface area contributed by atoms with E-state index in [9.17, 15) is 4.39 Å². The Morgan fingerprint density at radius 3 is 2.74 bits per heavy atom. The van der Waals surface area contributed by atoms with Gasteiger partial charge in [0.05, 0.1) is 7.11 Å². The highest BCUT2D eigenvalue weighted by Crippen LogP contribution is 2.12. The van der Waals surface area contributed by atoms with Crippen molar-refractivity contribution in [3.8, 4) is 5.88 Å². The molecule has 3 nitrogen and oxygen atoms in total. The maximum atomic E-state index is 12.7. The Morgan fingerprint density at radius 1 is 1.21 bits per heavy atom. The number of rotatable bonds is 6. The molecule has 19 heavy (non-hydrogen) atoms. The van der Waals surface area contributed by atoms with Gasteiger partial charge in [-0.05, 0) is 36.7 Å². The molecule has 1 aromatic heterocycles. The van der Waals surface area contributed by atoms with Crippen molar-refractivity contribution in [1.29, 1.82) is 0 Å². The number of aromatic nitrogens is 1. The van der Waals surface area contributed by atoms with Crippen molar-refractivity contribution in [3.05, 3.63) is 59.5 Å². The summed E-state index contributed by atoms with van der Waals surface area (Å²) in [5.41, 5.74) is 2.15. The van der Waals surface area contributed by atoms with Gasteiger partial charge in [-0.3, -0.25) is 0 Å². The molecule has 0 spiro atoms. The molecule has 4 heteroatoms. The average Bonchev–Trinajstić information content (AvgIpc) is 2.46. The minimum absolute atomic E-state index is 0.197. The van der Waals surface area contributed by atoms with Gasteiger partial charge in [0, 0.05) is 18.3 Å². The third kappa shape index (κ3) is 4.03. The summed E-state index contributed by atoms with van der Waals surface area (Å²) in [6.07, 6.45) is 2.57. The first-order chi connectivity index (χ1) is 9.29. The summed E-state index contributed by atoms with van der Waals surface area (Å²) in [4.78, 5) is 4.14. The Kier molecular flexibility index (Phi) is 4.86. The van der Waals surface area contributed by atoms with Crippen LogP contribution in [0, 0.1) is 5.82 Å². The number of nitrogens with one attached hydrogen (secondary N) is 1. The normalized spacial score (nSPS) is 10.4. The van der Waals surface area contributed by atoms with E-state index in [-0.39, 0.29) is 5.82 Å². The predicted molar refractivity (Wildman–Crippen MR) is 72.6 cm³/mol. The summed E-state index contributed by atoms with van der Waals surface area (Å²) in [5, 5.41) is 3.33. The number of pyridine rings is 1. The van der Waals surface area contributed by atoms with E-state index in [2.05, 4.69) is 10.3 Å². The summed E-state index contributed by atoms with van der Waals surface area (Å²) in [5.74, 6) is 0.452. The second-order valence-electron chi connectivity index (χ2n) is 4.23. The maximum absolute atomic E-state index is 12.7. The summed E-state index contributed by atoms with van der Waals surface area (Å²) < 4.78 is 17.9. The molecule has 0 aliphatic heterocycles.